The quantitative estimate of drug-likeness (QED) is 0.466. The Bertz CT molecular complexity index is 1080. The Balaban J connectivity index is 1.33. The number of anilines is 3. The molecule has 162 valence electrons. The highest BCUT2D eigenvalue weighted by molar-refractivity contribution is 8.01. The molecule has 2 aromatic carbocycles. The molecule has 0 unspecified atom stereocenters. The van der Waals surface area contributed by atoms with Crippen molar-refractivity contribution in [2.45, 2.75) is 10.8 Å². The number of rotatable bonds is 7. The number of fused-ring (bicyclic) bond motifs is 1. The topological polar surface area (TPSA) is 94.6 Å². The molecular weight excluding hydrogens is 460 g/mol. The smallest absolute Gasteiger partial charge is 0.234 e. The summed E-state index contributed by atoms with van der Waals surface area (Å²) in [5.41, 5.74) is 1.32. The second-order valence-electron chi connectivity index (χ2n) is 6.40. The zero-order valence-corrected chi connectivity index (χ0v) is 18.9. The summed E-state index contributed by atoms with van der Waals surface area (Å²) in [6.07, 6.45) is 0.793. The fourth-order valence-corrected chi connectivity index (χ4v) is 4.51. The summed E-state index contributed by atoms with van der Waals surface area (Å²) in [6, 6.07) is 10.9. The van der Waals surface area contributed by atoms with Gasteiger partial charge in [0.25, 0.3) is 0 Å². The molecule has 11 heteroatoms. The Hall–Kier alpha value is -2.69. The lowest BCUT2D eigenvalue weighted by Crippen LogP contribution is -2.14. The molecule has 1 aromatic heterocycles. The van der Waals surface area contributed by atoms with Crippen LogP contribution in [0.1, 0.15) is 6.42 Å². The van der Waals surface area contributed by atoms with Gasteiger partial charge in [-0.3, -0.25) is 4.79 Å². The molecule has 0 aliphatic carbocycles. The standard InChI is InChI=1S/C20H19ClN4O4S2/c1-27-13-5-2-4-12(8-13)22-19-24-25-20(31-19)30-11-18(26)23-15-10-17-16(9-14(15)21)28-6-3-7-29-17/h2,4-5,8-10H,3,6-7,11H2,1H3,(H,22,24)(H,23,26). The Kier molecular flexibility index (Phi) is 7.00. The van der Waals surface area contributed by atoms with Gasteiger partial charge in [-0.05, 0) is 12.1 Å². The summed E-state index contributed by atoms with van der Waals surface area (Å²) in [7, 11) is 1.61. The molecule has 31 heavy (non-hydrogen) atoms. The van der Waals surface area contributed by atoms with Crippen LogP contribution in [-0.4, -0.2) is 42.2 Å². The molecule has 0 fully saturated rings. The van der Waals surface area contributed by atoms with Gasteiger partial charge in [0.1, 0.15) is 5.75 Å². The summed E-state index contributed by atoms with van der Waals surface area (Å²) >= 11 is 8.94. The second-order valence-corrected chi connectivity index (χ2v) is 9.00. The first-order valence-electron chi connectivity index (χ1n) is 9.37. The largest absolute Gasteiger partial charge is 0.497 e. The fraction of sp³-hybridized carbons (Fsp3) is 0.250. The minimum atomic E-state index is -0.209. The predicted molar refractivity (Wildman–Crippen MR) is 123 cm³/mol. The highest BCUT2D eigenvalue weighted by atomic mass is 35.5. The van der Waals surface area contributed by atoms with Crippen molar-refractivity contribution < 1.29 is 19.0 Å². The van der Waals surface area contributed by atoms with Crippen molar-refractivity contribution in [3.63, 3.8) is 0 Å². The summed E-state index contributed by atoms with van der Waals surface area (Å²) in [4.78, 5) is 12.4. The van der Waals surface area contributed by atoms with E-state index in [1.165, 1.54) is 23.1 Å². The monoisotopic (exact) mass is 478 g/mol. The molecule has 0 spiro atoms. The van der Waals surface area contributed by atoms with Crippen molar-refractivity contribution in [2.75, 3.05) is 36.7 Å². The van der Waals surface area contributed by atoms with Gasteiger partial charge in [0.2, 0.25) is 11.0 Å². The number of aromatic nitrogens is 2. The van der Waals surface area contributed by atoms with Crippen molar-refractivity contribution in [2.24, 2.45) is 0 Å². The maximum absolute atomic E-state index is 12.4. The molecule has 2 N–H and O–H groups in total. The number of methoxy groups -OCH3 is 1. The molecule has 4 rings (SSSR count). The third kappa shape index (κ3) is 5.72. The lowest BCUT2D eigenvalue weighted by molar-refractivity contribution is -0.113. The van der Waals surface area contributed by atoms with Crippen molar-refractivity contribution in [3.05, 3.63) is 41.4 Å². The molecule has 0 bridgehead atoms. The highest BCUT2D eigenvalue weighted by Crippen LogP contribution is 2.38. The number of ether oxygens (including phenoxy) is 3. The van der Waals surface area contributed by atoms with Gasteiger partial charge in [-0.2, -0.15) is 0 Å². The molecule has 3 aromatic rings. The van der Waals surface area contributed by atoms with Crippen LogP contribution in [0.2, 0.25) is 5.02 Å². The van der Waals surface area contributed by atoms with Crippen LogP contribution >= 0.6 is 34.7 Å². The van der Waals surface area contributed by atoms with E-state index in [0.717, 1.165) is 17.9 Å². The number of amides is 1. The normalized spacial score (nSPS) is 12.7. The Morgan fingerprint density at radius 2 is 2.03 bits per heavy atom. The highest BCUT2D eigenvalue weighted by Gasteiger charge is 2.16. The first-order valence-corrected chi connectivity index (χ1v) is 11.5. The number of carbonyl (C=O) groups excluding carboxylic acids is 1. The van der Waals surface area contributed by atoms with Gasteiger partial charge in [0.05, 0.1) is 36.8 Å². The average Bonchev–Trinajstić information content (AvgIpc) is 3.09. The molecule has 1 amide bonds. The van der Waals surface area contributed by atoms with Crippen molar-refractivity contribution in [1.82, 2.24) is 10.2 Å². The summed E-state index contributed by atoms with van der Waals surface area (Å²) in [6.45, 7) is 1.13. The lowest BCUT2D eigenvalue weighted by atomic mass is 10.2. The number of hydrogen-bond acceptors (Lipinski definition) is 9. The predicted octanol–water partition coefficient (Wildman–Crippen LogP) is 4.84. The van der Waals surface area contributed by atoms with Crippen LogP contribution in [0.3, 0.4) is 0 Å². The van der Waals surface area contributed by atoms with E-state index in [0.29, 0.717) is 44.9 Å². The fourth-order valence-electron chi connectivity index (χ4n) is 2.74. The van der Waals surface area contributed by atoms with Crippen molar-refractivity contribution in [1.29, 1.82) is 0 Å². The van der Waals surface area contributed by atoms with Gasteiger partial charge in [-0.1, -0.05) is 40.8 Å². The van der Waals surface area contributed by atoms with Gasteiger partial charge in [0.15, 0.2) is 15.8 Å². The van der Waals surface area contributed by atoms with E-state index >= 15 is 0 Å². The van der Waals surface area contributed by atoms with Crippen LogP contribution in [0.4, 0.5) is 16.5 Å². The Morgan fingerprint density at radius 1 is 1.23 bits per heavy atom. The average molecular weight is 479 g/mol. The molecular formula is C20H19ClN4O4S2. The minimum absolute atomic E-state index is 0.165. The lowest BCUT2D eigenvalue weighted by Gasteiger charge is -2.12. The van der Waals surface area contributed by atoms with E-state index in [-0.39, 0.29) is 11.7 Å². The third-order valence-corrected chi connectivity index (χ3v) is 6.45. The first kappa shape index (κ1) is 21.5. The van der Waals surface area contributed by atoms with Crippen LogP contribution in [0.25, 0.3) is 0 Å². The molecule has 2 heterocycles. The maximum atomic E-state index is 12.4. The molecule has 0 radical (unpaired) electrons. The molecule has 8 nitrogen and oxygen atoms in total. The van der Waals surface area contributed by atoms with E-state index in [1.54, 1.807) is 19.2 Å². The summed E-state index contributed by atoms with van der Waals surface area (Å²) in [5, 5.41) is 15.2. The third-order valence-electron chi connectivity index (χ3n) is 4.17. The van der Waals surface area contributed by atoms with Crippen LogP contribution in [0.5, 0.6) is 17.2 Å². The van der Waals surface area contributed by atoms with Gasteiger partial charge in [0, 0.05) is 30.3 Å². The SMILES string of the molecule is COc1cccc(Nc2nnc(SCC(=O)Nc3cc4c(cc3Cl)OCCCO4)s2)c1. The number of thioether (sulfide) groups is 1. The Labute approximate surface area is 192 Å². The van der Waals surface area contributed by atoms with E-state index in [2.05, 4.69) is 20.8 Å². The molecule has 1 aliphatic heterocycles. The van der Waals surface area contributed by atoms with Gasteiger partial charge in [-0.15, -0.1) is 10.2 Å². The Morgan fingerprint density at radius 3 is 2.84 bits per heavy atom. The summed E-state index contributed by atoms with van der Waals surface area (Å²) in [5.74, 6) is 1.86. The number of benzene rings is 2. The number of halogens is 1. The van der Waals surface area contributed by atoms with Crippen LogP contribution in [-0.2, 0) is 4.79 Å². The summed E-state index contributed by atoms with van der Waals surface area (Å²) < 4.78 is 17.1. The van der Waals surface area contributed by atoms with Gasteiger partial charge >= 0.3 is 0 Å². The molecule has 0 saturated carbocycles. The van der Waals surface area contributed by atoms with Crippen LogP contribution in [0, 0.1) is 0 Å². The minimum Gasteiger partial charge on any atom is -0.497 e. The number of hydrogen-bond donors (Lipinski definition) is 2. The number of nitrogens with zero attached hydrogens (tertiary/aromatic N) is 2. The number of carbonyl (C=O) groups is 1. The zero-order chi connectivity index (χ0) is 21.6. The first-order chi connectivity index (χ1) is 15.1. The van der Waals surface area contributed by atoms with Gasteiger partial charge in [-0.25, -0.2) is 0 Å². The van der Waals surface area contributed by atoms with E-state index in [1.807, 2.05) is 24.3 Å². The molecule has 1 aliphatic rings. The van der Waals surface area contributed by atoms with Crippen LogP contribution < -0.4 is 24.8 Å². The van der Waals surface area contributed by atoms with E-state index in [9.17, 15) is 4.79 Å². The van der Waals surface area contributed by atoms with Crippen LogP contribution in [0.15, 0.2) is 40.7 Å². The number of nitrogens with one attached hydrogen (secondary N) is 2. The van der Waals surface area contributed by atoms with Gasteiger partial charge < -0.3 is 24.8 Å². The van der Waals surface area contributed by atoms with E-state index < -0.39 is 0 Å². The van der Waals surface area contributed by atoms with Crippen molar-refractivity contribution in [3.8, 4) is 17.2 Å². The van der Waals surface area contributed by atoms with Crippen molar-refractivity contribution >= 4 is 57.1 Å². The molecule has 0 saturated heterocycles. The maximum Gasteiger partial charge on any atom is 0.234 e. The van der Waals surface area contributed by atoms with E-state index in [4.69, 9.17) is 25.8 Å². The molecule has 0 atom stereocenters. The zero-order valence-electron chi connectivity index (χ0n) is 16.5. The second kappa shape index (κ2) is 10.1.